The minimum Gasteiger partial charge on any atom is -0.507 e. The fraction of sp³-hybridized carbons (Fsp3) is 0.0417. The quantitative estimate of drug-likeness (QED) is 0.305. The normalized spacial score (nSPS) is 10.6. The van der Waals surface area contributed by atoms with Crippen molar-refractivity contribution in [2.75, 3.05) is 5.32 Å². The van der Waals surface area contributed by atoms with E-state index in [4.69, 9.17) is 0 Å². The van der Waals surface area contributed by atoms with Gasteiger partial charge in [0.05, 0.1) is 6.21 Å². The van der Waals surface area contributed by atoms with Crippen molar-refractivity contribution in [1.29, 1.82) is 0 Å². The van der Waals surface area contributed by atoms with E-state index in [9.17, 15) is 19.1 Å². The molecule has 0 atom stereocenters. The van der Waals surface area contributed by atoms with E-state index in [2.05, 4.69) is 22.4 Å². The van der Waals surface area contributed by atoms with Gasteiger partial charge >= 0.3 is 0 Å². The molecule has 6 nitrogen and oxygen atoms in total. The van der Waals surface area contributed by atoms with E-state index in [1.807, 2.05) is 0 Å². The molecule has 0 spiro atoms. The average Bonchev–Trinajstić information content (AvgIpc) is 2.77. The zero-order chi connectivity index (χ0) is 22.2. The molecule has 3 aromatic rings. The van der Waals surface area contributed by atoms with Crippen molar-refractivity contribution in [2.24, 2.45) is 5.10 Å². The van der Waals surface area contributed by atoms with Gasteiger partial charge in [-0.1, -0.05) is 24.3 Å². The summed E-state index contributed by atoms with van der Waals surface area (Å²) in [4.78, 5) is 24.6. The van der Waals surface area contributed by atoms with Crippen molar-refractivity contribution in [1.82, 2.24) is 5.43 Å². The Bertz CT molecular complexity index is 1140. The predicted octanol–water partition coefficient (Wildman–Crippen LogP) is 4.28. The van der Waals surface area contributed by atoms with E-state index >= 15 is 0 Å². The molecule has 3 rings (SSSR count). The number of aromatic hydroxyl groups is 1. The first-order valence-corrected chi connectivity index (χ1v) is 9.40. The van der Waals surface area contributed by atoms with Crippen molar-refractivity contribution < 1.29 is 19.1 Å². The average molecular weight is 417 g/mol. The predicted molar refractivity (Wildman–Crippen MR) is 118 cm³/mol. The molecule has 0 saturated heterocycles. The maximum absolute atomic E-state index is 13.0. The Kier molecular flexibility index (Phi) is 6.90. The minimum atomic E-state index is -0.490. The Balaban J connectivity index is 1.65. The molecule has 0 fully saturated rings. The Hall–Kier alpha value is -4.26. The summed E-state index contributed by atoms with van der Waals surface area (Å²) in [6.45, 7) is 3.65. The number of benzene rings is 3. The van der Waals surface area contributed by atoms with Crippen molar-refractivity contribution in [3.05, 3.63) is 107 Å². The standard InChI is InChI=1S/C24H20FN3O3/c1-2-5-16-6-3-8-19(22(16)29)15-26-28-24(31)18-7-4-9-21(14-18)27-23(30)17-10-12-20(25)13-11-17/h2-4,6-15,29H,1,5H2,(H,27,30)(H,28,31). The van der Waals surface area contributed by atoms with Gasteiger partial charge in [0.25, 0.3) is 11.8 Å². The Morgan fingerprint density at radius 2 is 1.74 bits per heavy atom. The molecule has 0 aliphatic rings. The first kappa shape index (κ1) is 21.4. The van der Waals surface area contributed by atoms with Gasteiger partial charge in [-0.15, -0.1) is 6.58 Å². The Labute approximate surface area is 178 Å². The van der Waals surface area contributed by atoms with Gasteiger partial charge in [-0.2, -0.15) is 5.10 Å². The fourth-order valence-electron chi connectivity index (χ4n) is 2.80. The minimum absolute atomic E-state index is 0.0749. The number of hydrogen-bond donors (Lipinski definition) is 3. The van der Waals surface area contributed by atoms with E-state index in [1.54, 1.807) is 42.5 Å². The maximum atomic E-state index is 13.0. The van der Waals surface area contributed by atoms with Crippen LogP contribution in [-0.4, -0.2) is 23.1 Å². The lowest BCUT2D eigenvalue weighted by atomic mass is 10.1. The highest BCUT2D eigenvalue weighted by Gasteiger charge is 2.10. The molecule has 0 unspecified atom stereocenters. The number of rotatable bonds is 7. The lowest BCUT2D eigenvalue weighted by Crippen LogP contribution is -2.18. The summed E-state index contributed by atoms with van der Waals surface area (Å²) < 4.78 is 13.0. The van der Waals surface area contributed by atoms with Crippen molar-refractivity contribution >= 4 is 23.7 Å². The van der Waals surface area contributed by atoms with Crippen molar-refractivity contribution in [2.45, 2.75) is 6.42 Å². The first-order chi connectivity index (χ1) is 15.0. The van der Waals surface area contributed by atoms with Gasteiger partial charge in [-0.05, 0) is 60.5 Å². The topological polar surface area (TPSA) is 90.8 Å². The van der Waals surface area contributed by atoms with Crippen LogP contribution >= 0.6 is 0 Å². The molecule has 0 heterocycles. The number of carbonyl (C=O) groups excluding carboxylic acids is 2. The number of nitrogens with zero attached hydrogens (tertiary/aromatic N) is 1. The zero-order valence-corrected chi connectivity index (χ0v) is 16.5. The van der Waals surface area contributed by atoms with Gasteiger partial charge in [0.1, 0.15) is 11.6 Å². The van der Waals surface area contributed by atoms with E-state index in [0.717, 1.165) is 0 Å². The van der Waals surface area contributed by atoms with E-state index < -0.39 is 17.6 Å². The van der Waals surface area contributed by atoms with E-state index in [-0.39, 0.29) is 11.3 Å². The lowest BCUT2D eigenvalue weighted by molar-refractivity contribution is 0.0953. The van der Waals surface area contributed by atoms with Crippen molar-refractivity contribution in [3.63, 3.8) is 0 Å². The SMILES string of the molecule is C=CCc1cccc(C=NNC(=O)c2cccc(NC(=O)c3ccc(F)cc3)c2)c1O. The van der Waals surface area contributed by atoms with Crippen LogP contribution in [0.2, 0.25) is 0 Å². The largest absolute Gasteiger partial charge is 0.507 e. The highest BCUT2D eigenvalue weighted by atomic mass is 19.1. The highest BCUT2D eigenvalue weighted by molar-refractivity contribution is 6.05. The van der Waals surface area contributed by atoms with Crippen LogP contribution in [0.3, 0.4) is 0 Å². The number of halogens is 1. The third-order valence-electron chi connectivity index (χ3n) is 4.37. The van der Waals surface area contributed by atoms with Crippen molar-refractivity contribution in [3.8, 4) is 5.75 Å². The number of hydrazone groups is 1. The molecule has 7 heteroatoms. The van der Waals surface area contributed by atoms with Gasteiger partial charge in [-0.25, -0.2) is 9.82 Å². The number of phenolic OH excluding ortho intramolecular Hbond substituents is 1. The van der Waals surface area contributed by atoms with Crippen LogP contribution in [0.15, 0.2) is 84.5 Å². The molecule has 0 aliphatic heterocycles. The summed E-state index contributed by atoms with van der Waals surface area (Å²) in [5, 5.41) is 16.8. The van der Waals surface area contributed by atoms with Gasteiger partial charge in [0, 0.05) is 22.4 Å². The van der Waals surface area contributed by atoms with Crippen LogP contribution in [0.5, 0.6) is 5.75 Å². The molecule has 0 radical (unpaired) electrons. The molecule has 31 heavy (non-hydrogen) atoms. The lowest BCUT2D eigenvalue weighted by Gasteiger charge is -2.07. The highest BCUT2D eigenvalue weighted by Crippen LogP contribution is 2.21. The number of para-hydroxylation sites is 1. The monoisotopic (exact) mass is 417 g/mol. The van der Waals surface area contributed by atoms with E-state index in [0.29, 0.717) is 28.8 Å². The number of allylic oxidation sites excluding steroid dienone is 1. The molecule has 0 aliphatic carbocycles. The number of nitrogens with one attached hydrogen (secondary N) is 2. The number of anilines is 1. The summed E-state index contributed by atoms with van der Waals surface area (Å²) in [6, 6.07) is 16.7. The molecule has 0 bridgehead atoms. The Morgan fingerprint density at radius 3 is 2.48 bits per heavy atom. The number of phenols is 1. The summed E-state index contributed by atoms with van der Waals surface area (Å²) in [7, 11) is 0. The van der Waals surface area contributed by atoms with E-state index in [1.165, 1.54) is 36.5 Å². The fourth-order valence-corrected chi connectivity index (χ4v) is 2.80. The maximum Gasteiger partial charge on any atom is 0.271 e. The first-order valence-electron chi connectivity index (χ1n) is 9.40. The van der Waals surface area contributed by atoms with Gasteiger partial charge in [0.2, 0.25) is 0 Å². The van der Waals surface area contributed by atoms with Crippen LogP contribution in [0.4, 0.5) is 10.1 Å². The molecule has 3 aromatic carbocycles. The Morgan fingerprint density at radius 1 is 1.00 bits per heavy atom. The summed E-state index contributed by atoms with van der Waals surface area (Å²) in [5.41, 5.74) is 4.52. The summed E-state index contributed by atoms with van der Waals surface area (Å²) in [5.74, 6) is -1.27. The number of amides is 2. The second-order valence-corrected chi connectivity index (χ2v) is 6.59. The van der Waals surface area contributed by atoms with Crippen LogP contribution in [0, 0.1) is 5.82 Å². The summed E-state index contributed by atoms with van der Waals surface area (Å²) in [6.07, 6.45) is 3.54. The third kappa shape index (κ3) is 5.63. The van der Waals surface area contributed by atoms with Crippen LogP contribution in [0.25, 0.3) is 0 Å². The van der Waals surface area contributed by atoms with Gasteiger partial charge in [-0.3, -0.25) is 9.59 Å². The van der Waals surface area contributed by atoms with Crippen LogP contribution in [0.1, 0.15) is 31.8 Å². The van der Waals surface area contributed by atoms with Gasteiger partial charge < -0.3 is 10.4 Å². The molecular weight excluding hydrogens is 397 g/mol. The van der Waals surface area contributed by atoms with Gasteiger partial charge in [0.15, 0.2) is 0 Å². The van der Waals surface area contributed by atoms with Crippen LogP contribution in [-0.2, 0) is 6.42 Å². The third-order valence-corrected chi connectivity index (χ3v) is 4.37. The smallest absolute Gasteiger partial charge is 0.271 e. The molecule has 2 amide bonds. The molecular formula is C24H20FN3O3. The zero-order valence-electron chi connectivity index (χ0n) is 16.5. The molecule has 3 N–H and O–H groups in total. The second kappa shape index (κ2) is 9.98. The number of carbonyl (C=O) groups is 2. The number of hydrogen-bond acceptors (Lipinski definition) is 4. The molecule has 0 saturated carbocycles. The second-order valence-electron chi connectivity index (χ2n) is 6.59. The molecule has 0 aromatic heterocycles. The van der Waals surface area contributed by atoms with Crippen LogP contribution < -0.4 is 10.7 Å². The molecule has 156 valence electrons. The summed E-state index contributed by atoms with van der Waals surface area (Å²) >= 11 is 0.